The molecule has 0 atom stereocenters. The second-order valence-electron chi connectivity index (χ2n) is 4.10. The molecule has 1 rings (SSSR count). The summed E-state index contributed by atoms with van der Waals surface area (Å²) in [7, 11) is 3.67. The number of rotatable bonds is 6. The SMILES string of the molecule is C=CCN(C)Cc1cc(C)nc(OC)c1CN. The van der Waals surface area contributed by atoms with E-state index in [1.165, 1.54) is 5.56 Å². The lowest BCUT2D eigenvalue weighted by Crippen LogP contribution is -2.20. The van der Waals surface area contributed by atoms with Crippen LogP contribution in [0.25, 0.3) is 0 Å². The highest BCUT2D eigenvalue weighted by atomic mass is 16.5. The first-order chi connectivity index (χ1) is 8.12. The van der Waals surface area contributed by atoms with Crippen molar-refractivity contribution in [3.05, 3.63) is 35.5 Å². The predicted octanol–water partition coefficient (Wildman–Crippen LogP) is 1.48. The normalized spacial score (nSPS) is 10.6. The number of aryl methyl sites for hydroxylation is 1. The van der Waals surface area contributed by atoms with E-state index in [0.717, 1.165) is 24.3 Å². The van der Waals surface area contributed by atoms with Crippen molar-refractivity contribution in [1.82, 2.24) is 9.88 Å². The molecule has 0 saturated heterocycles. The fraction of sp³-hybridized carbons (Fsp3) is 0.462. The quantitative estimate of drug-likeness (QED) is 0.759. The zero-order valence-corrected chi connectivity index (χ0v) is 10.9. The van der Waals surface area contributed by atoms with Gasteiger partial charge in [-0.3, -0.25) is 4.90 Å². The number of ether oxygens (including phenoxy) is 1. The first-order valence-electron chi connectivity index (χ1n) is 5.65. The summed E-state index contributed by atoms with van der Waals surface area (Å²) in [4.78, 5) is 6.50. The third kappa shape index (κ3) is 3.54. The summed E-state index contributed by atoms with van der Waals surface area (Å²) in [5, 5.41) is 0. The van der Waals surface area contributed by atoms with Crippen LogP contribution in [0.1, 0.15) is 16.8 Å². The average Bonchev–Trinajstić information content (AvgIpc) is 2.28. The molecule has 4 heteroatoms. The Hall–Kier alpha value is -1.39. The Kier molecular flexibility index (Phi) is 5.12. The van der Waals surface area contributed by atoms with Gasteiger partial charge in [-0.25, -0.2) is 4.98 Å². The van der Waals surface area contributed by atoms with Gasteiger partial charge in [0.1, 0.15) is 0 Å². The summed E-state index contributed by atoms with van der Waals surface area (Å²) >= 11 is 0. The molecule has 2 N–H and O–H groups in total. The van der Waals surface area contributed by atoms with Crippen molar-refractivity contribution in [2.75, 3.05) is 20.7 Å². The minimum absolute atomic E-state index is 0.438. The Balaban J connectivity index is 3.03. The number of methoxy groups -OCH3 is 1. The van der Waals surface area contributed by atoms with E-state index in [1.807, 2.05) is 20.0 Å². The van der Waals surface area contributed by atoms with Gasteiger partial charge in [-0.05, 0) is 25.6 Å². The molecule has 0 spiro atoms. The summed E-state index contributed by atoms with van der Waals surface area (Å²) in [6, 6.07) is 2.06. The number of aromatic nitrogens is 1. The lowest BCUT2D eigenvalue weighted by Gasteiger charge is -2.18. The highest BCUT2D eigenvalue weighted by Crippen LogP contribution is 2.21. The van der Waals surface area contributed by atoms with Crippen LogP contribution in [0.5, 0.6) is 5.88 Å². The Labute approximate surface area is 103 Å². The molecule has 0 bridgehead atoms. The number of hydrogen-bond acceptors (Lipinski definition) is 4. The topological polar surface area (TPSA) is 51.4 Å². The van der Waals surface area contributed by atoms with Crippen LogP contribution >= 0.6 is 0 Å². The highest BCUT2D eigenvalue weighted by molar-refractivity contribution is 5.36. The fourth-order valence-electron chi connectivity index (χ4n) is 1.84. The van der Waals surface area contributed by atoms with E-state index in [0.29, 0.717) is 12.4 Å². The first kappa shape index (κ1) is 13.7. The van der Waals surface area contributed by atoms with E-state index >= 15 is 0 Å². The highest BCUT2D eigenvalue weighted by Gasteiger charge is 2.11. The smallest absolute Gasteiger partial charge is 0.218 e. The Morgan fingerprint density at radius 3 is 2.82 bits per heavy atom. The number of nitrogens with zero attached hydrogens (tertiary/aromatic N) is 2. The van der Waals surface area contributed by atoms with Crippen LogP contribution < -0.4 is 10.5 Å². The molecule has 0 aliphatic rings. The summed E-state index contributed by atoms with van der Waals surface area (Å²) < 4.78 is 5.27. The van der Waals surface area contributed by atoms with E-state index in [1.54, 1.807) is 7.11 Å². The number of pyridine rings is 1. The van der Waals surface area contributed by atoms with Crippen LogP contribution in [0.2, 0.25) is 0 Å². The van der Waals surface area contributed by atoms with Gasteiger partial charge in [-0.1, -0.05) is 6.08 Å². The molecule has 0 fully saturated rings. The van der Waals surface area contributed by atoms with E-state index in [9.17, 15) is 0 Å². The van der Waals surface area contributed by atoms with Crippen LogP contribution in [-0.2, 0) is 13.1 Å². The fourth-order valence-corrected chi connectivity index (χ4v) is 1.84. The maximum absolute atomic E-state index is 5.77. The zero-order valence-electron chi connectivity index (χ0n) is 10.9. The minimum Gasteiger partial charge on any atom is -0.481 e. The molecule has 0 aliphatic carbocycles. The van der Waals surface area contributed by atoms with Crippen molar-refractivity contribution in [2.24, 2.45) is 5.73 Å². The van der Waals surface area contributed by atoms with Gasteiger partial charge in [-0.2, -0.15) is 0 Å². The van der Waals surface area contributed by atoms with Gasteiger partial charge in [0.2, 0.25) is 5.88 Å². The van der Waals surface area contributed by atoms with E-state index in [2.05, 4.69) is 22.5 Å². The third-order valence-electron chi connectivity index (χ3n) is 2.59. The molecular formula is C13H21N3O. The van der Waals surface area contributed by atoms with E-state index in [-0.39, 0.29) is 0 Å². The van der Waals surface area contributed by atoms with Crippen molar-refractivity contribution >= 4 is 0 Å². The molecule has 1 aromatic rings. The molecule has 4 nitrogen and oxygen atoms in total. The van der Waals surface area contributed by atoms with Gasteiger partial charge in [0, 0.05) is 30.9 Å². The predicted molar refractivity (Wildman–Crippen MR) is 69.9 cm³/mol. The maximum Gasteiger partial charge on any atom is 0.218 e. The Bertz CT molecular complexity index is 390. The van der Waals surface area contributed by atoms with Gasteiger partial charge in [-0.15, -0.1) is 6.58 Å². The molecule has 1 heterocycles. The van der Waals surface area contributed by atoms with Gasteiger partial charge < -0.3 is 10.5 Å². The zero-order chi connectivity index (χ0) is 12.8. The summed E-state index contributed by atoms with van der Waals surface area (Å²) in [5.74, 6) is 0.634. The van der Waals surface area contributed by atoms with Crippen molar-refractivity contribution < 1.29 is 4.74 Å². The second-order valence-corrected chi connectivity index (χ2v) is 4.10. The monoisotopic (exact) mass is 235 g/mol. The molecule has 0 amide bonds. The molecule has 0 saturated carbocycles. The van der Waals surface area contributed by atoms with Crippen molar-refractivity contribution in [3.8, 4) is 5.88 Å². The van der Waals surface area contributed by atoms with Crippen LogP contribution in [0.15, 0.2) is 18.7 Å². The van der Waals surface area contributed by atoms with Crippen LogP contribution in [0.4, 0.5) is 0 Å². The summed E-state index contributed by atoms with van der Waals surface area (Å²) in [5.41, 5.74) is 8.86. The lowest BCUT2D eigenvalue weighted by molar-refractivity contribution is 0.356. The largest absolute Gasteiger partial charge is 0.481 e. The number of likely N-dealkylation sites (N-methyl/N-ethyl adjacent to an activating group) is 1. The van der Waals surface area contributed by atoms with Gasteiger partial charge in [0.05, 0.1) is 7.11 Å². The first-order valence-corrected chi connectivity index (χ1v) is 5.65. The molecule has 94 valence electrons. The molecule has 0 unspecified atom stereocenters. The van der Waals surface area contributed by atoms with Gasteiger partial charge in [0.15, 0.2) is 0 Å². The van der Waals surface area contributed by atoms with Crippen LogP contribution in [-0.4, -0.2) is 30.6 Å². The van der Waals surface area contributed by atoms with Crippen LogP contribution in [0.3, 0.4) is 0 Å². The third-order valence-corrected chi connectivity index (χ3v) is 2.59. The van der Waals surface area contributed by atoms with Gasteiger partial charge >= 0.3 is 0 Å². The lowest BCUT2D eigenvalue weighted by atomic mass is 10.1. The molecule has 0 radical (unpaired) electrons. The molecule has 0 aliphatic heterocycles. The molecular weight excluding hydrogens is 214 g/mol. The van der Waals surface area contributed by atoms with Gasteiger partial charge in [0.25, 0.3) is 0 Å². The minimum atomic E-state index is 0.438. The summed E-state index contributed by atoms with van der Waals surface area (Å²) in [6.07, 6.45) is 1.88. The molecule has 1 aromatic heterocycles. The second kappa shape index (κ2) is 6.37. The number of nitrogens with two attached hydrogens (primary N) is 1. The molecule has 0 aromatic carbocycles. The maximum atomic E-state index is 5.77. The van der Waals surface area contributed by atoms with Crippen LogP contribution in [0, 0.1) is 6.92 Å². The molecule has 17 heavy (non-hydrogen) atoms. The van der Waals surface area contributed by atoms with Crippen molar-refractivity contribution in [2.45, 2.75) is 20.0 Å². The standard InChI is InChI=1S/C13H21N3O/c1-5-6-16(3)9-11-7-10(2)15-13(17-4)12(11)8-14/h5,7H,1,6,8-9,14H2,2-4H3. The van der Waals surface area contributed by atoms with E-state index < -0.39 is 0 Å². The van der Waals surface area contributed by atoms with E-state index in [4.69, 9.17) is 10.5 Å². The Morgan fingerprint density at radius 2 is 2.29 bits per heavy atom. The van der Waals surface area contributed by atoms with Crippen molar-refractivity contribution in [1.29, 1.82) is 0 Å². The Morgan fingerprint density at radius 1 is 1.59 bits per heavy atom. The van der Waals surface area contributed by atoms with Crippen molar-refractivity contribution in [3.63, 3.8) is 0 Å². The summed E-state index contributed by atoms with van der Waals surface area (Å²) in [6.45, 7) is 7.79. The number of hydrogen-bond donors (Lipinski definition) is 1. The average molecular weight is 235 g/mol.